The van der Waals surface area contributed by atoms with Crippen LogP contribution < -0.4 is 10.6 Å². The molecule has 2 rings (SSSR count). The van der Waals surface area contributed by atoms with Gasteiger partial charge in [0.2, 0.25) is 0 Å². The summed E-state index contributed by atoms with van der Waals surface area (Å²) in [6, 6.07) is 8.53. The van der Waals surface area contributed by atoms with Crippen molar-refractivity contribution < 1.29 is 4.74 Å². The van der Waals surface area contributed by atoms with Crippen molar-refractivity contribution in [2.24, 2.45) is 5.73 Å². The van der Waals surface area contributed by atoms with Gasteiger partial charge in [0.15, 0.2) is 0 Å². The maximum atomic E-state index is 5.64. The predicted octanol–water partition coefficient (Wildman–Crippen LogP) is 1.41. The molecule has 1 aromatic carbocycles. The quantitative estimate of drug-likeness (QED) is 0.834. The molecule has 0 radical (unpaired) electrons. The lowest BCUT2D eigenvalue weighted by Crippen LogP contribution is -2.23. The molecule has 0 spiro atoms. The Kier molecular flexibility index (Phi) is 3.80. The summed E-state index contributed by atoms with van der Waals surface area (Å²) >= 11 is 0. The van der Waals surface area contributed by atoms with E-state index in [-0.39, 0.29) is 0 Å². The average Bonchev–Trinajstić information content (AvgIpc) is 2.79. The predicted molar refractivity (Wildman–Crippen MR) is 66.8 cm³/mol. The van der Waals surface area contributed by atoms with Gasteiger partial charge in [-0.2, -0.15) is 0 Å². The van der Waals surface area contributed by atoms with Crippen LogP contribution in [-0.4, -0.2) is 32.8 Å². The number of nitrogens with zero attached hydrogens (tertiary/aromatic N) is 1. The molecule has 16 heavy (non-hydrogen) atoms. The smallest absolute Gasteiger partial charge is 0.0762 e. The van der Waals surface area contributed by atoms with Crippen molar-refractivity contribution >= 4 is 5.69 Å². The van der Waals surface area contributed by atoms with Crippen molar-refractivity contribution in [3.05, 3.63) is 29.8 Å². The Balaban J connectivity index is 2.14. The van der Waals surface area contributed by atoms with Gasteiger partial charge in [-0.05, 0) is 31.0 Å². The van der Waals surface area contributed by atoms with Crippen molar-refractivity contribution in [3.8, 4) is 0 Å². The number of hydrogen-bond donors (Lipinski definition) is 1. The largest absolute Gasteiger partial charge is 0.380 e. The highest BCUT2D eigenvalue weighted by atomic mass is 16.5. The van der Waals surface area contributed by atoms with E-state index >= 15 is 0 Å². The second-order valence-electron chi connectivity index (χ2n) is 4.26. The summed E-state index contributed by atoms with van der Waals surface area (Å²) in [6.45, 7) is 2.79. The minimum absolute atomic E-state index is 0.380. The number of rotatable bonds is 4. The van der Waals surface area contributed by atoms with Crippen LogP contribution >= 0.6 is 0 Å². The van der Waals surface area contributed by atoms with Crippen LogP contribution in [0.25, 0.3) is 0 Å². The third-order valence-electron chi connectivity index (χ3n) is 3.22. The molecule has 1 heterocycles. The van der Waals surface area contributed by atoms with E-state index in [0.717, 1.165) is 25.9 Å². The Morgan fingerprint density at radius 2 is 2.25 bits per heavy atom. The molecule has 2 N–H and O–H groups in total. The highest BCUT2D eigenvalue weighted by Crippen LogP contribution is 2.25. The van der Waals surface area contributed by atoms with Gasteiger partial charge in [0.05, 0.1) is 6.10 Å². The lowest BCUT2D eigenvalue weighted by atomic mass is 10.1. The zero-order chi connectivity index (χ0) is 11.4. The molecule has 0 saturated carbocycles. The van der Waals surface area contributed by atoms with E-state index in [0.29, 0.717) is 12.6 Å². The Labute approximate surface area is 97.2 Å². The van der Waals surface area contributed by atoms with Gasteiger partial charge in [-0.3, -0.25) is 0 Å². The lowest BCUT2D eigenvalue weighted by Gasteiger charge is -2.21. The van der Waals surface area contributed by atoms with Gasteiger partial charge in [0, 0.05) is 25.9 Å². The van der Waals surface area contributed by atoms with E-state index in [9.17, 15) is 0 Å². The van der Waals surface area contributed by atoms with Gasteiger partial charge in [-0.25, -0.2) is 0 Å². The Morgan fingerprint density at radius 3 is 2.94 bits per heavy atom. The van der Waals surface area contributed by atoms with Gasteiger partial charge in [-0.1, -0.05) is 18.2 Å². The lowest BCUT2D eigenvalue weighted by molar-refractivity contribution is 0.121. The van der Waals surface area contributed by atoms with Crippen molar-refractivity contribution in [2.75, 3.05) is 31.6 Å². The zero-order valence-electron chi connectivity index (χ0n) is 9.86. The van der Waals surface area contributed by atoms with E-state index in [1.54, 1.807) is 7.11 Å². The average molecular weight is 220 g/mol. The molecule has 0 aromatic heterocycles. The van der Waals surface area contributed by atoms with Gasteiger partial charge in [-0.15, -0.1) is 0 Å². The molecule has 1 fully saturated rings. The van der Waals surface area contributed by atoms with E-state index in [2.05, 4.69) is 29.2 Å². The first-order chi connectivity index (χ1) is 7.85. The summed E-state index contributed by atoms with van der Waals surface area (Å²) < 4.78 is 5.40. The van der Waals surface area contributed by atoms with Crippen molar-refractivity contribution in [1.29, 1.82) is 0 Å². The fourth-order valence-corrected chi connectivity index (χ4v) is 2.33. The molecule has 1 aromatic rings. The zero-order valence-corrected chi connectivity index (χ0v) is 9.86. The summed E-state index contributed by atoms with van der Waals surface area (Å²) in [7, 11) is 1.79. The summed E-state index contributed by atoms with van der Waals surface area (Å²) in [6.07, 6.45) is 2.45. The summed E-state index contributed by atoms with van der Waals surface area (Å²) in [5.41, 5.74) is 8.31. The normalized spacial score (nSPS) is 20.4. The van der Waals surface area contributed by atoms with Gasteiger partial charge < -0.3 is 15.4 Å². The van der Waals surface area contributed by atoms with Crippen LogP contribution in [0.3, 0.4) is 0 Å². The minimum Gasteiger partial charge on any atom is -0.380 e. The molecule has 3 nitrogen and oxygen atoms in total. The minimum atomic E-state index is 0.380. The molecule has 1 atom stereocenters. The monoisotopic (exact) mass is 220 g/mol. The number of benzene rings is 1. The summed E-state index contributed by atoms with van der Waals surface area (Å²) in [5.74, 6) is 0. The number of methoxy groups -OCH3 is 1. The third kappa shape index (κ3) is 2.36. The number of nitrogens with two attached hydrogens (primary N) is 1. The standard InChI is InChI=1S/C13H20N2O/c1-16-12-7-9-15(10-12)13-5-3-2-4-11(13)6-8-14/h2-5,12H,6-10,14H2,1H3. The first-order valence-corrected chi connectivity index (χ1v) is 5.91. The highest BCUT2D eigenvalue weighted by Gasteiger charge is 2.23. The number of ether oxygens (including phenoxy) is 1. The summed E-state index contributed by atoms with van der Waals surface area (Å²) in [4.78, 5) is 2.40. The van der Waals surface area contributed by atoms with Crippen LogP contribution in [0.4, 0.5) is 5.69 Å². The maximum absolute atomic E-state index is 5.64. The first kappa shape index (κ1) is 11.4. The van der Waals surface area contributed by atoms with Crippen molar-refractivity contribution in [1.82, 2.24) is 0 Å². The van der Waals surface area contributed by atoms with Crippen LogP contribution in [0.1, 0.15) is 12.0 Å². The van der Waals surface area contributed by atoms with E-state index in [4.69, 9.17) is 10.5 Å². The first-order valence-electron chi connectivity index (χ1n) is 5.91. The fraction of sp³-hybridized carbons (Fsp3) is 0.538. The topological polar surface area (TPSA) is 38.5 Å². The van der Waals surface area contributed by atoms with Crippen LogP contribution in [-0.2, 0) is 11.2 Å². The second-order valence-corrected chi connectivity index (χ2v) is 4.26. The SMILES string of the molecule is COC1CCN(c2ccccc2CCN)C1. The van der Waals surface area contributed by atoms with Gasteiger partial charge in [0.25, 0.3) is 0 Å². The molecular weight excluding hydrogens is 200 g/mol. The second kappa shape index (κ2) is 5.32. The number of anilines is 1. The molecule has 0 amide bonds. The maximum Gasteiger partial charge on any atom is 0.0762 e. The van der Waals surface area contributed by atoms with Crippen molar-refractivity contribution in [2.45, 2.75) is 18.9 Å². The fourth-order valence-electron chi connectivity index (χ4n) is 2.33. The Morgan fingerprint density at radius 1 is 1.44 bits per heavy atom. The van der Waals surface area contributed by atoms with Crippen LogP contribution in [0, 0.1) is 0 Å². The molecule has 1 unspecified atom stereocenters. The van der Waals surface area contributed by atoms with Gasteiger partial charge in [0.1, 0.15) is 0 Å². The van der Waals surface area contributed by atoms with Crippen LogP contribution in [0.5, 0.6) is 0 Å². The molecule has 0 bridgehead atoms. The van der Waals surface area contributed by atoms with Gasteiger partial charge >= 0.3 is 0 Å². The molecule has 1 saturated heterocycles. The van der Waals surface area contributed by atoms with Crippen LogP contribution in [0.2, 0.25) is 0 Å². The molecule has 1 aliphatic rings. The molecular formula is C13H20N2O. The number of para-hydroxylation sites is 1. The number of hydrogen-bond acceptors (Lipinski definition) is 3. The molecule has 0 aliphatic carbocycles. The highest BCUT2D eigenvalue weighted by molar-refractivity contribution is 5.54. The van der Waals surface area contributed by atoms with Crippen molar-refractivity contribution in [3.63, 3.8) is 0 Å². The molecule has 3 heteroatoms. The molecule has 1 aliphatic heterocycles. The van der Waals surface area contributed by atoms with Crippen LogP contribution in [0.15, 0.2) is 24.3 Å². The third-order valence-corrected chi connectivity index (χ3v) is 3.22. The molecule has 88 valence electrons. The Bertz CT molecular complexity index is 340. The summed E-state index contributed by atoms with van der Waals surface area (Å²) in [5, 5.41) is 0. The van der Waals surface area contributed by atoms with E-state index < -0.39 is 0 Å². The van der Waals surface area contributed by atoms with E-state index in [1.807, 2.05) is 0 Å². The van der Waals surface area contributed by atoms with E-state index in [1.165, 1.54) is 11.3 Å². The Hall–Kier alpha value is -1.06.